The van der Waals surface area contributed by atoms with Crippen molar-refractivity contribution in [2.45, 2.75) is 0 Å². The SMILES string of the molecule is O=C(Nc1ccc(Cl)cc1)c1cc(Br)cnc1Cl. The van der Waals surface area contributed by atoms with Crippen molar-refractivity contribution >= 4 is 50.7 Å². The Morgan fingerprint density at radius 1 is 1.22 bits per heavy atom. The van der Waals surface area contributed by atoms with E-state index in [1.165, 1.54) is 6.20 Å². The van der Waals surface area contributed by atoms with Gasteiger partial charge in [-0.3, -0.25) is 4.79 Å². The van der Waals surface area contributed by atoms with E-state index in [9.17, 15) is 4.79 Å². The molecule has 1 amide bonds. The Morgan fingerprint density at radius 2 is 1.89 bits per heavy atom. The molecule has 0 atom stereocenters. The van der Waals surface area contributed by atoms with Gasteiger partial charge in [-0.05, 0) is 46.3 Å². The lowest BCUT2D eigenvalue weighted by atomic mass is 10.2. The third kappa shape index (κ3) is 3.22. The number of pyridine rings is 1. The first kappa shape index (κ1) is 13.3. The maximum absolute atomic E-state index is 12.0. The van der Waals surface area contributed by atoms with Crippen LogP contribution in [0, 0.1) is 0 Å². The molecule has 1 N–H and O–H groups in total. The Balaban J connectivity index is 2.21. The van der Waals surface area contributed by atoms with Gasteiger partial charge >= 0.3 is 0 Å². The van der Waals surface area contributed by atoms with E-state index < -0.39 is 0 Å². The summed E-state index contributed by atoms with van der Waals surface area (Å²) in [6, 6.07) is 8.41. The van der Waals surface area contributed by atoms with Crippen molar-refractivity contribution in [3.63, 3.8) is 0 Å². The Bertz CT molecular complexity index is 587. The van der Waals surface area contributed by atoms with E-state index in [0.29, 0.717) is 20.7 Å². The molecule has 2 aromatic rings. The second-order valence-electron chi connectivity index (χ2n) is 3.45. The van der Waals surface area contributed by atoms with Gasteiger partial charge in [0.2, 0.25) is 0 Å². The van der Waals surface area contributed by atoms with Crippen molar-refractivity contribution in [1.82, 2.24) is 4.98 Å². The van der Waals surface area contributed by atoms with Crippen LogP contribution in [0.2, 0.25) is 10.2 Å². The molecule has 92 valence electrons. The highest BCUT2D eigenvalue weighted by Gasteiger charge is 2.12. The first-order valence-corrected chi connectivity index (χ1v) is 6.49. The molecule has 1 aromatic heterocycles. The average molecular weight is 346 g/mol. The maximum atomic E-state index is 12.0. The van der Waals surface area contributed by atoms with Gasteiger partial charge in [0.25, 0.3) is 5.91 Å². The zero-order valence-electron chi connectivity index (χ0n) is 8.95. The quantitative estimate of drug-likeness (QED) is 0.819. The molecular weight excluding hydrogens is 339 g/mol. The van der Waals surface area contributed by atoms with Gasteiger partial charge in [0.05, 0.1) is 5.56 Å². The Labute approximate surface area is 122 Å². The molecule has 18 heavy (non-hydrogen) atoms. The highest BCUT2D eigenvalue weighted by Crippen LogP contribution is 2.20. The summed E-state index contributed by atoms with van der Waals surface area (Å²) in [7, 11) is 0. The van der Waals surface area contributed by atoms with Gasteiger partial charge in [-0.2, -0.15) is 0 Å². The molecule has 0 bridgehead atoms. The van der Waals surface area contributed by atoms with E-state index in [4.69, 9.17) is 23.2 Å². The Morgan fingerprint density at radius 3 is 2.56 bits per heavy atom. The molecule has 0 saturated carbocycles. The highest BCUT2D eigenvalue weighted by atomic mass is 79.9. The van der Waals surface area contributed by atoms with E-state index in [2.05, 4.69) is 26.2 Å². The van der Waals surface area contributed by atoms with Crippen LogP contribution < -0.4 is 5.32 Å². The number of aromatic nitrogens is 1. The molecule has 3 nitrogen and oxygen atoms in total. The lowest BCUT2D eigenvalue weighted by Gasteiger charge is -2.06. The number of carbonyl (C=O) groups excluding carboxylic acids is 1. The molecule has 0 aliphatic heterocycles. The number of benzene rings is 1. The monoisotopic (exact) mass is 344 g/mol. The van der Waals surface area contributed by atoms with Crippen molar-refractivity contribution < 1.29 is 4.79 Å². The van der Waals surface area contributed by atoms with Crippen LogP contribution in [-0.2, 0) is 0 Å². The third-order valence-corrected chi connectivity index (χ3v) is 3.14. The number of nitrogens with one attached hydrogen (secondary N) is 1. The first-order valence-electron chi connectivity index (χ1n) is 4.94. The van der Waals surface area contributed by atoms with Crippen molar-refractivity contribution in [2.24, 2.45) is 0 Å². The molecular formula is C12H7BrCl2N2O. The molecule has 0 saturated heterocycles. The minimum atomic E-state index is -0.323. The van der Waals surface area contributed by atoms with Gasteiger partial charge in [-0.15, -0.1) is 0 Å². The van der Waals surface area contributed by atoms with Gasteiger partial charge in [-0.25, -0.2) is 4.98 Å². The molecule has 0 unspecified atom stereocenters. The van der Waals surface area contributed by atoms with Crippen molar-refractivity contribution in [3.05, 3.63) is 56.7 Å². The van der Waals surface area contributed by atoms with Gasteiger partial charge < -0.3 is 5.32 Å². The van der Waals surface area contributed by atoms with Gasteiger partial charge in [0, 0.05) is 21.4 Å². The number of nitrogens with zero attached hydrogens (tertiary/aromatic N) is 1. The third-order valence-electron chi connectivity index (χ3n) is 2.15. The summed E-state index contributed by atoms with van der Waals surface area (Å²) in [6.07, 6.45) is 1.53. The van der Waals surface area contributed by atoms with Gasteiger partial charge in [0.1, 0.15) is 5.15 Å². The summed E-state index contributed by atoms with van der Waals surface area (Å²) < 4.78 is 0.688. The number of anilines is 1. The van der Waals surface area contributed by atoms with Crippen molar-refractivity contribution in [1.29, 1.82) is 0 Å². The molecule has 2 rings (SSSR count). The summed E-state index contributed by atoms with van der Waals surface area (Å²) in [6.45, 7) is 0. The highest BCUT2D eigenvalue weighted by molar-refractivity contribution is 9.10. The van der Waals surface area contributed by atoms with Crippen molar-refractivity contribution in [2.75, 3.05) is 5.32 Å². The van der Waals surface area contributed by atoms with Crippen LogP contribution in [0.15, 0.2) is 41.0 Å². The minimum Gasteiger partial charge on any atom is -0.322 e. The van der Waals surface area contributed by atoms with Crippen molar-refractivity contribution in [3.8, 4) is 0 Å². The normalized spacial score (nSPS) is 10.2. The predicted octanol–water partition coefficient (Wildman–Crippen LogP) is 4.40. The molecule has 0 radical (unpaired) electrons. The second-order valence-corrected chi connectivity index (χ2v) is 5.16. The Kier molecular flexibility index (Phi) is 4.22. The summed E-state index contributed by atoms with van der Waals surface area (Å²) in [5.41, 5.74) is 0.946. The molecule has 0 aliphatic carbocycles. The fourth-order valence-electron chi connectivity index (χ4n) is 1.31. The standard InChI is InChI=1S/C12H7BrCl2N2O/c13-7-5-10(11(15)16-6-7)12(18)17-9-3-1-8(14)2-4-9/h1-6H,(H,17,18). The minimum absolute atomic E-state index is 0.157. The van der Waals surface area contributed by atoms with Crippen LogP contribution in [0.4, 0.5) is 5.69 Å². The molecule has 6 heteroatoms. The second kappa shape index (κ2) is 5.69. The summed E-state index contributed by atoms with van der Waals surface area (Å²) in [4.78, 5) is 15.9. The van der Waals surface area contributed by atoms with Crippen LogP contribution in [0.1, 0.15) is 10.4 Å². The zero-order valence-corrected chi connectivity index (χ0v) is 12.1. The number of amides is 1. The smallest absolute Gasteiger partial charge is 0.258 e. The fourth-order valence-corrected chi connectivity index (χ4v) is 1.96. The number of rotatable bonds is 2. The van der Waals surface area contributed by atoms with Crippen LogP contribution in [0.25, 0.3) is 0 Å². The zero-order chi connectivity index (χ0) is 13.1. The van der Waals surface area contributed by atoms with Crippen LogP contribution in [-0.4, -0.2) is 10.9 Å². The maximum Gasteiger partial charge on any atom is 0.258 e. The molecule has 0 fully saturated rings. The average Bonchev–Trinajstić information content (AvgIpc) is 2.35. The largest absolute Gasteiger partial charge is 0.322 e. The predicted molar refractivity (Wildman–Crippen MR) is 76.4 cm³/mol. The first-order chi connectivity index (χ1) is 8.56. The molecule has 0 spiro atoms. The lowest BCUT2D eigenvalue weighted by Crippen LogP contribution is -2.12. The molecule has 1 aromatic carbocycles. The number of hydrogen-bond acceptors (Lipinski definition) is 2. The van der Waals surface area contributed by atoms with Crippen LogP contribution in [0.5, 0.6) is 0 Å². The Hall–Kier alpha value is -1.10. The van der Waals surface area contributed by atoms with Gasteiger partial charge in [0.15, 0.2) is 0 Å². The van der Waals surface area contributed by atoms with Crippen LogP contribution >= 0.6 is 39.1 Å². The van der Waals surface area contributed by atoms with E-state index in [0.717, 1.165) is 0 Å². The van der Waals surface area contributed by atoms with E-state index in [1.54, 1.807) is 30.3 Å². The summed E-state index contributed by atoms with van der Waals surface area (Å²) in [5, 5.41) is 3.47. The summed E-state index contributed by atoms with van der Waals surface area (Å²) in [5.74, 6) is -0.323. The van der Waals surface area contributed by atoms with Gasteiger partial charge in [-0.1, -0.05) is 23.2 Å². The molecule has 1 heterocycles. The number of halogens is 3. The molecule has 0 aliphatic rings. The van der Waals surface area contributed by atoms with E-state index in [1.807, 2.05) is 0 Å². The summed E-state index contributed by atoms with van der Waals surface area (Å²) >= 11 is 14.9. The number of carbonyl (C=O) groups is 1. The topological polar surface area (TPSA) is 42.0 Å². The van der Waals surface area contributed by atoms with E-state index in [-0.39, 0.29) is 11.1 Å². The lowest BCUT2D eigenvalue weighted by molar-refractivity contribution is 0.102. The van der Waals surface area contributed by atoms with Crippen LogP contribution in [0.3, 0.4) is 0 Å². The van der Waals surface area contributed by atoms with E-state index >= 15 is 0 Å². The fraction of sp³-hybridized carbons (Fsp3) is 0. The number of hydrogen-bond donors (Lipinski definition) is 1.